The van der Waals surface area contributed by atoms with Crippen LogP contribution in [0.25, 0.3) is 0 Å². The van der Waals surface area contributed by atoms with Crippen molar-refractivity contribution < 1.29 is 28.8 Å². The van der Waals surface area contributed by atoms with Gasteiger partial charge in [-0.1, -0.05) is 12.1 Å². The molecular weight excluding hydrogens is 426 g/mol. The lowest BCUT2D eigenvalue weighted by atomic mass is 10.0. The lowest BCUT2D eigenvalue weighted by Gasteiger charge is -2.26. The van der Waals surface area contributed by atoms with Crippen LogP contribution in [0.4, 0.5) is 15.5 Å². The summed E-state index contributed by atoms with van der Waals surface area (Å²) in [6.45, 7) is 2.67. The number of ether oxygens (including phenoxy) is 2. The highest BCUT2D eigenvalue weighted by Crippen LogP contribution is 2.37. The number of fused-ring (bicyclic) bond motifs is 1. The average Bonchev–Trinajstić information content (AvgIpc) is 3.10. The van der Waals surface area contributed by atoms with Crippen molar-refractivity contribution in [2.45, 2.75) is 26.3 Å². The Bertz CT molecular complexity index is 1020. The summed E-state index contributed by atoms with van der Waals surface area (Å²) in [5.74, 6) is -0.937. The van der Waals surface area contributed by atoms with Crippen LogP contribution in [-0.2, 0) is 33.7 Å². The van der Waals surface area contributed by atoms with E-state index in [4.69, 9.17) is 9.47 Å². The Kier molecular flexibility index (Phi) is 6.85. The van der Waals surface area contributed by atoms with Gasteiger partial charge in [-0.15, -0.1) is 11.3 Å². The lowest BCUT2D eigenvalue weighted by molar-refractivity contribution is -0.384. The first kappa shape index (κ1) is 22.2. The quantitative estimate of drug-likeness (QED) is 0.409. The number of anilines is 1. The number of hydrogen-bond acceptors (Lipinski definition) is 8. The van der Waals surface area contributed by atoms with Crippen molar-refractivity contribution in [3.05, 3.63) is 55.9 Å². The van der Waals surface area contributed by atoms with Gasteiger partial charge in [-0.05, 0) is 24.5 Å². The maximum Gasteiger partial charge on any atom is 0.410 e. The number of amides is 2. The first-order valence-electron chi connectivity index (χ1n) is 9.51. The number of thiophene rings is 1. The Labute approximate surface area is 181 Å². The maximum absolute atomic E-state index is 12.6. The zero-order valence-electron chi connectivity index (χ0n) is 17.0. The van der Waals surface area contributed by atoms with Gasteiger partial charge in [0.05, 0.1) is 37.2 Å². The predicted molar refractivity (Wildman–Crippen MR) is 112 cm³/mol. The molecule has 1 N–H and O–H groups in total. The van der Waals surface area contributed by atoms with Crippen LogP contribution in [0.5, 0.6) is 0 Å². The second-order valence-corrected chi connectivity index (χ2v) is 7.82. The number of nitro benzene ring substituents is 1. The topological polar surface area (TPSA) is 128 Å². The molecule has 1 aliphatic heterocycles. The number of esters is 1. The highest BCUT2D eigenvalue weighted by Gasteiger charge is 2.31. The van der Waals surface area contributed by atoms with E-state index in [2.05, 4.69) is 5.32 Å². The summed E-state index contributed by atoms with van der Waals surface area (Å²) in [4.78, 5) is 49.6. The molecule has 10 nitrogen and oxygen atoms in total. The van der Waals surface area contributed by atoms with Gasteiger partial charge in [0, 0.05) is 23.6 Å². The smallest absolute Gasteiger partial charge is 0.410 e. The normalized spacial score (nSPS) is 12.6. The number of non-ortho nitro benzene ring substituents is 1. The number of carbonyl (C=O) groups is 3. The maximum atomic E-state index is 12.6. The highest BCUT2D eigenvalue weighted by molar-refractivity contribution is 7.17. The van der Waals surface area contributed by atoms with Gasteiger partial charge in [-0.25, -0.2) is 9.59 Å². The monoisotopic (exact) mass is 447 g/mol. The van der Waals surface area contributed by atoms with Crippen LogP contribution < -0.4 is 5.32 Å². The molecular formula is C20H21N3O7S. The van der Waals surface area contributed by atoms with Crippen LogP contribution in [0, 0.1) is 10.1 Å². The van der Waals surface area contributed by atoms with Crippen molar-refractivity contribution >= 4 is 40.0 Å². The van der Waals surface area contributed by atoms with Crippen LogP contribution in [0.15, 0.2) is 24.3 Å². The Morgan fingerprint density at radius 2 is 1.97 bits per heavy atom. The second kappa shape index (κ2) is 9.56. The fraction of sp³-hybridized carbons (Fsp3) is 0.350. The van der Waals surface area contributed by atoms with Crippen LogP contribution in [-0.4, -0.2) is 48.1 Å². The average molecular weight is 447 g/mol. The zero-order chi connectivity index (χ0) is 22.5. The van der Waals surface area contributed by atoms with Crippen LogP contribution in [0.2, 0.25) is 0 Å². The number of rotatable bonds is 6. The Hall–Kier alpha value is -3.47. The largest absolute Gasteiger partial charge is 0.465 e. The lowest BCUT2D eigenvalue weighted by Crippen LogP contribution is -2.36. The number of nitrogens with zero attached hydrogens (tertiary/aromatic N) is 2. The predicted octanol–water partition coefficient (Wildman–Crippen LogP) is 3.14. The molecule has 1 aliphatic rings. The third kappa shape index (κ3) is 5.00. The number of nitro groups is 1. The SMILES string of the molecule is CCOC(=O)N1CCc2c(sc(NC(=O)Cc3ccc([N+](=O)[O-])cc3)c2C(=O)OC)C1. The standard InChI is InChI=1S/C20H21N3O7S/c1-3-30-20(26)22-9-8-14-15(11-22)31-18(17(14)19(25)29-2)21-16(24)10-12-4-6-13(7-5-12)23(27)28/h4-7H,3,8-11H2,1-2H3,(H,21,24). The molecule has 1 aromatic heterocycles. The molecule has 0 atom stereocenters. The summed E-state index contributed by atoms with van der Waals surface area (Å²) in [5, 5.41) is 13.9. The molecule has 0 aliphatic carbocycles. The minimum atomic E-state index is -0.562. The summed E-state index contributed by atoms with van der Waals surface area (Å²) in [6.07, 6.45) is -0.00593. The number of carbonyl (C=O) groups excluding carboxylic acids is 3. The van der Waals surface area contributed by atoms with Crippen molar-refractivity contribution in [2.75, 3.05) is 25.6 Å². The summed E-state index contributed by atoms with van der Waals surface area (Å²) in [5.41, 5.74) is 1.58. The molecule has 3 rings (SSSR count). The Morgan fingerprint density at radius 1 is 1.26 bits per heavy atom. The van der Waals surface area contributed by atoms with E-state index in [0.29, 0.717) is 29.1 Å². The van der Waals surface area contributed by atoms with E-state index < -0.39 is 17.0 Å². The number of methoxy groups -OCH3 is 1. The number of nitrogens with one attached hydrogen (secondary N) is 1. The zero-order valence-corrected chi connectivity index (χ0v) is 17.8. The van der Waals surface area contributed by atoms with Crippen molar-refractivity contribution in [3.8, 4) is 0 Å². The van der Waals surface area contributed by atoms with Gasteiger partial charge in [0.15, 0.2) is 0 Å². The van der Waals surface area contributed by atoms with Gasteiger partial charge in [0.1, 0.15) is 5.00 Å². The van der Waals surface area contributed by atoms with Gasteiger partial charge in [-0.3, -0.25) is 14.9 Å². The molecule has 0 fully saturated rings. The molecule has 2 aromatic rings. The Balaban J connectivity index is 1.79. The molecule has 0 unspecified atom stereocenters. The van der Waals surface area contributed by atoms with E-state index >= 15 is 0 Å². The van der Waals surface area contributed by atoms with Crippen LogP contribution >= 0.6 is 11.3 Å². The first-order chi connectivity index (χ1) is 14.8. The fourth-order valence-electron chi connectivity index (χ4n) is 3.27. The molecule has 2 heterocycles. The Morgan fingerprint density at radius 3 is 2.58 bits per heavy atom. The molecule has 1 aromatic carbocycles. The van der Waals surface area contributed by atoms with E-state index in [1.54, 1.807) is 11.8 Å². The molecule has 0 saturated carbocycles. The molecule has 164 valence electrons. The summed E-state index contributed by atoms with van der Waals surface area (Å²) in [6, 6.07) is 5.68. The minimum absolute atomic E-state index is 0.0177. The number of hydrogen-bond donors (Lipinski definition) is 1. The molecule has 31 heavy (non-hydrogen) atoms. The third-order valence-corrected chi connectivity index (χ3v) is 5.87. The van der Waals surface area contributed by atoms with Gasteiger partial charge in [-0.2, -0.15) is 0 Å². The summed E-state index contributed by atoms with van der Waals surface area (Å²) in [7, 11) is 1.27. The third-order valence-electron chi connectivity index (χ3n) is 4.74. The molecule has 0 bridgehead atoms. The van der Waals surface area contributed by atoms with Crippen molar-refractivity contribution in [1.29, 1.82) is 0 Å². The highest BCUT2D eigenvalue weighted by atomic mass is 32.1. The van der Waals surface area contributed by atoms with Crippen molar-refractivity contribution in [1.82, 2.24) is 4.90 Å². The number of benzene rings is 1. The van der Waals surface area contributed by atoms with Gasteiger partial charge in [0.2, 0.25) is 5.91 Å². The minimum Gasteiger partial charge on any atom is -0.465 e. The van der Waals surface area contributed by atoms with Crippen LogP contribution in [0.1, 0.15) is 33.3 Å². The van der Waals surface area contributed by atoms with E-state index in [-0.39, 0.29) is 31.2 Å². The van der Waals surface area contributed by atoms with E-state index in [1.807, 2.05) is 0 Å². The van der Waals surface area contributed by atoms with Gasteiger partial charge < -0.3 is 19.7 Å². The van der Waals surface area contributed by atoms with Gasteiger partial charge in [0.25, 0.3) is 5.69 Å². The second-order valence-electron chi connectivity index (χ2n) is 6.72. The fourth-order valence-corrected chi connectivity index (χ4v) is 4.54. The van der Waals surface area contributed by atoms with Crippen LogP contribution in [0.3, 0.4) is 0 Å². The molecule has 0 saturated heterocycles. The first-order valence-corrected chi connectivity index (χ1v) is 10.3. The molecule has 0 spiro atoms. The molecule has 0 radical (unpaired) electrons. The summed E-state index contributed by atoms with van der Waals surface area (Å²) < 4.78 is 9.94. The van der Waals surface area contributed by atoms with Gasteiger partial charge >= 0.3 is 12.1 Å². The molecule has 2 amide bonds. The molecule has 11 heteroatoms. The van der Waals surface area contributed by atoms with E-state index in [0.717, 1.165) is 10.4 Å². The van der Waals surface area contributed by atoms with Crippen molar-refractivity contribution in [3.63, 3.8) is 0 Å². The summed E-state index contributed by atoms with van der Waals surface area (Å²) >= 11 is 1.22. The van der Waals surface area contributed by atoms with E-state index in [1.165, 1.54) is 42.7 Å². The van der Waals surface area contributed by atoms with E-state index in [9.17, 15) is 24.5 Å². The van der Waals surface area contributed by atoms with Crippen molar-refractivity contribution in [2.24, 2.45) is 0 Å².